The van der Waals surface area contributed by atoms with Gasteiger partial charge >= 0.3 is 0 Å². The number of carbonyl (C=O) groups is 1. The Morgan fingerprint density at radius 1 is 1.19 bits per heavy atom. The van der Waals surface area contributed by atoms with Crippen molar-refractivity contribution in [2.75, 3.05) is 7.11 Å². The fourth-order valence-corrected chi connectivity index (χ4v) is 3.63. The lowest BCUT2D eigenvalue weighted by atomic mass is 10.1. The highest BCUT2D eigenvalue weighted by Crippen LogP contribution is 2.28. The zero-order valence-electron chi connectivity index (χ0n) is 17.0. The van der Waals surface area contributed by atoms with Gasteiger partial charge in [-0.2, -0.15) is 0 Å². The van der Waals surface area contributed by atoms with Gasteiger partial charge < -0.3 is 9.64 Å². The second-order valence-corrected chi connectivity index (χ2v) is 7.35. The predicted molar refractivity (Wildman–Crippen MR) is 109 cm³/mol. The van der Waals surface area contributed by atoms with Gasteiger partial charge in [0.25, 0.3) is 5.69 Å². The van der Waals surface area contributed by atoms with E-state index < -0.39 is 16.6 Å². The Morgan fingerprint density at radius 2 is 1.97 bits per heavy atom. The standard InChI is InChI=1S/C22H18F2N4O4/c1-32-12-16-6-13-10-27(11-14(13)9-25-16)22(29)8-20-21(28(30)31)5-4-19(26-20)17-3-2-15(23)7-18(17)24/h2-7,9H,8,10-12H2,1H3. The first-order chi connectivity index (χ1) is 15.4. The van der Waals surface area contributed by atoms with Crippen LogP contribution in [0.3, 0.4) is 0 Å². The van der Waals surface area contributed by atoms with Crippen molar-refractivity contribution in [1.29, 1.82) is 0 Å². The van der Waals surface area contributed by atoms with Crippen LogP contribution in [0, 0.1) is 21.7 Å². The Kier molecular flexibility index (Phi) is 5.87. The Balaban J connectivity index is 1.59. The number of hydrogen-bond acceptors (Lipinski definition) is 6. The van der Waals surface area contributed by atoms with Crippen LogP contribution in [0.4, 0.5) is 14.5 Å². The molecular weight excluding hydrogens is 422 g/mol. The molecule has 164 valence electrons. The summed E-state index contributed by atoms with van der Waals surface area (Å²) in [4.78, 5) is 33.8. The fourth-order valence-electron chi connectivity index (χ4n) is 3.63. The molecule has 0 saturated carbocycles. The number of aromatic nitrogens is 2. The largest absolute Gasteiger partial charge is 0.378 e. The molecule has 0 atom stereocenters. The Bertz CT molecular complexity index is 1220. The number of amides is 1. The highest BCUT2D eigenvalue weighted by Gasteiger charge is 2.27. The molecule has 3 heterocycles. The molecule has 32 heavy (non-hydrogen) atoms. The van der Waals surface area contributed by atoms with Gasteiger partial charge in [0.05, 0.1) is 29.3 Å². The summed E-state index contributed by atoms with van der Waals surface area (Å²) in [6.07, 6.45) is 1.36. The van der Waals surface area contributed by atoms with Gasteiger partial charge in [0.1, 0.15) is 17.3 Å². The first kappa shape index (κ1) is 21.4. The third-order valence-corrected chi connectivity index (χ3v) is 5.18. The number of hydrogen-bond donors (Lipinski definition) is 0. The number of methoxy groups -OCH3 is 1. The first-order valence-corrected chi connectivity index (χ1v) is 9.69. The second-order valence-electron chi connectivity index (χ2n) is 7.35. The number of carbonyl (C=O) groups excluding carboxylic acids is 1. The fraction of sp³-hybridized carbons (Fsp3) is 0.227. The molecule has 0 saturated heterocycles. The molecular formula is C22H18F2N4O4. The highest BCUT2D eigenvalue weighted by molar-refractivity contribution is 5.80. The van der Waals surface area contributed by atoms with Crippen LogP contribution in [0.25, 0.3) is 11.3 Å². The lowest BCUT2D eigenvalue weighted by Crippen LogP contribution is -2.27. The lowest BCUT2D eigenvalue weighted by molar-refractivity contribution is -0.385. The minimum Gasteiger partial charge on any atom is -0.378 e. The number of pyridine rings is 2. The molecule has 0 spiro atoms. The summed E-state index contributed by atoms with van der Waals surface area (Å²) in [6, 6.07) is 7.29. The number of fused-ring (bicyclic) bond motifs is 1. The van der Waals surface area contributed by atoms with Gasteiger partial charge in [-0.15, -0.1) is 0 Å². The summed E-state index contributed by atoms with van der Waals surface area (Å²) in [5, 5.41) is 11.5. The first-order valence-electron chi connectivity index (χ1n) is 9.69. The summed E-state index contributed by atoms with van der Waals surface area (Å²) in [7, 11) is 1.57. The van der Waals surface area contributed by atoms with Crippen molar-refractivity contribution in [2.45, 2.75) is 26.1 Å². The van der Waals surface area contributed by atoms with Gasteiger partial charge in [-0.05, 0) is 35.4 Å². The predicted octanol–water partition coefficient (Wildman–Crippen LogP) is 3.56. The third-order valence-electron chi connectivity index (χ3n) is 5.18. The number of nitrogens with zero attached hydrogens (tertiary/aromatic N) is 4. The van der Waals surface area contributed by atoms with Crippen molar-refractivity contribution in [3.05, 3.63) is 86.9 Å². The van der Waals surface area contributed by atoms with Crippen LogP contribution in [0.15, 0.2) is 42.6 Å². The van der Waals surface area contributed by atoms with Crippen LogP contribution in [-0.2, 0) is 35.6 Å². The summed E-state index contributed by atoms with van der Waals surface area (Å²) < 4.78 is 32.5. The van der Waals surface area contributed by atoms with Gasteiger partial charge in [0.2, 0.25) is 5.91 Å². The van der Waals surface area contributed by atoms with E-state index in [-0.39, 0.29) is 35.0 Å². The average molecular weight is 440 g/mol. The van der Waals surface area contributed by atoms with Gasteiger partial charge in [0.15, 0.2) is 0 Å². The van der Waals surface area contributed by atoms with E-state index >= 15 is 0 Å². The highest BCUT2D eigenvalue weighted by atomic mass is 19.1. The lowest BCUT2D eigenvalue weighted by Gasteiger charge is -2.15. The van der Waals surface area contributed by atoms with Crippen LogP contribution >= 0.6 is 0 Å². The van der Waals surface area contributed by atoms with E-state index in [0.717, 1.165) is 22.9 Å². The minimum atomic E-state index is -0.849. The Morgan fingerprint density at radius 3 is 2.69 bits per heavy atom. The van der Waals surface area contributed by atoms with E-state index in [1.54, 1.807) is 18.2 Å². The SMILES string of the molecule is COCc1cc2c(cn1)CN(C(=O)Cc1nc(-c3ccc(F)cc3F)ccc1[N+](=O)[O-])C2. The van der Waals surface area contributed by atoms with Crippen LogP contribution in [0.2, 0.25) is 0 Å². The molecule has 3 aromatic rings. The van der Waals surface area contributed by atoms with E-state index in [0.29, 0.717) is 25.8 Å². The van der Waals surface area contributed by atoms with Crippen molar-refractivity contribution in [2.24, 2.45) is 0 Å². The molecule has 2 aromatic heterocycles. The maximum atomic E-state index is 14.2. The normalized spacial score (nSPS) is 12.7. The maximum absolute atomic E-state index is 14.2. The van der Waals surface area contributed by atoms with Gasteiger partial charge in [-0.3, -0.25) is 19.9 Å². The average Bonchev–Trinajstić information content (AvgIpc) is 3.17. The molecule has 1 aliphatic rings. The van der Waals surface area contributed by atoms with E-state index in [9.17, 15) is 23.7 Å². The summed E-state index contributed by atoms with van der Waals surface area (Å²) >= 11 is 0. The zero-order valence-corrected chi connectivity index (χ0v) is 17.0. The van der Waals surface area contributed by atoms with E-state index in [4.69, 9.17) is 4.74 Å². The third kappa shape index (κ3) is 4.30. The molecule has 0 fully saturated rings. The van der Waals surface area contributed by atoms with Gasteiger partial charge in [0, 0.05) is 44.1 Å². The quantitative estimate of drug-likeness (QED) is 0.429. The molecule has 1 aliphatic heterocycles. The maximum Gasteiger partial charge on any atom is 0.291 e. The molecule has 8 nitrogen and oxygen atoms in total. The van der Waals surface area contributed by atoms with E-state index in [1.807, 2.05) is 6.07 Å². The molecule has 0 aliphatic carbocycles. The van der Waals surface area contributed by atoms with E-state index in [2.05, 4.69) is 9.97 Å². The number of rotatable bonds is 6. The number of ether oxygens (including phenoxy) is 1. The van der Waals surface area contributed by atoms with Crippen LogP contribution in [-0.4, -0.2) is 32.8 Å². The topological polar surface area (TPSA) is 98.5 Å². The van der Waals surface area contributed by atoms with Gasteiger partial charge in [-0.25, -0.2) is 13.8 Å². The van der Waals surface area contributed by atoms with Crippen molar-refractivity contribution in [3.63, 3.8) is 0 Å². The summed E-state index contributed by atoms with van der Waals surface area (Å²) in [6.45, 7) is 1.02. The number of nitro groups is 1. The van der Waals surface area contributed by atoms with Crippen molar-refractivity contribution >= 4 is 11.6 Å². The van der Waals surface area contributed by atoms with Gasteiger partial charge in [-0.1, -0.05) is 0 Å². The zero-order chi connectivity index (χ0) is 22.8. The molecule has 4 rings (SSSR count). The number of benzene rings is 1. The number of halogens is 2. The van der Waals surface area contributed by atoms with Crippen LogP contribution < -0.4 is 0 Å². The molecule has 0 unspecified atom stereocenters. The summed E-state index contributed by atoms with van der Waals surface area (Å²) in [5.41, 5.74) is 2.20. The molecule has 10 heteroatoms. The molecule has 0 bridgehead atoms. The monoisotopic (exact) mass is 440 g/mol. The smallest absolute Gasteiger partial charge is 0.291 e. The second kappa shape index (κ2) is 8.75. The van der Waals surface area contributed by atoms with Crippen LogP contribution in [0.5, 0.6) is 0 Å². The molecule has 1 amide bonds. The Hall–Kier alpha value is -3.79. The Labute approximate surface area is 181 Å². The summed E-state index contributed by atoms with van der Waals surface area (Å²) in [5.74, 6) is -1.96. The molecule has 0 radical (unpaired) electrons. The van der Waals surface area contributed by atoms with Crippen molar-refractivity contribution in [1.82, 2.24) is 14.9 Å². The van der Waals surface area contributed by atoms with Crippen molar-refractivity contribution < 1.29 is 23.2 Å². The van der Waals surface area contributed by atoms with Crippen molar-refractivity contribution in [3.8, 4) is 11.3 Å². The molecule has 0 N–H and O–H groups in total. The van der Waals surface area contributed by atoms with Crippen LogP contribution in [0.1, 0.15) is 22.5 Å². The molecule has 1 aromatic carbocycles. The van der Waals surface area contributed by atoms with E-state index in [1.165, 1.54) is 18.2 Å². The minimum absolute atomic E-state index is 0.0136.